The fourth-order valence-corrected chi connectivity index (χ4v) is 5.56. The molecule has 1 unspecified atom stereocenters. The molecule has 2 rings (SSSR count). The Labute approximate surface area is 141 Å². The summed E-state index contributed by atoms with van der Waals surface area (Å²) in [6, 6.07) is 0. The van der Waals surface area contributed by atoms with Crippen molar-refractivity contribution in [1.82, 2.24) is 0 Å². The fourth-order valence-electron chi connectivity index (χ4n) is 4.10. The molecule has 0 bridgehead atoms. The molecule has 0 radical (unpaired) electrons. The summed E-state index contributed by atoms with van der Waals surface area (Å²) in [5.74, 6) is -0.771. The molecule has 0 aromatic heterocycles. The molecule has 0 heterocycles. The van der Waals surface area contributed by atoms with Crippen molar-refractivity contribution in [2.75, 3.05) is 7.11 Å². The van der Waals surface area contributed by atoms with Gasteiger partial charge in [-0.1, -0.05) is 34.6 Å². The van der Waals surface area contributed by atoms with Crippen molar-refractivity contribution in [1.29, 1.82) is 0 Å². The van der Waals surface area contributed by atoms with Gasteiger partial charge in [0.05, 0.1) is 13.2 Å². The lowest BCUT2D eigenvalue weighted by Crippen LogP contribution is -2.50. The monoisotopic (exact) mass is 340 g/mol. The van der Waals surface area contributed by atoms with E-state index in [1.165, 1.54) is 7.11 Å². The normalized spacial score (nSPS) is 33.7. The number of esters is 1. The highest BCUT2D eigenvalue weighted by Crippen LogP contribution is 2.57. The largest absolute Gasteiger partial charge is 0.468 e. The van der Waals surface area contributed by atoms with Crippen molar-refractivity contribution >= 4 is 20.1 Å². The van der Waals surface area contributed by atoms with Crippen molar-refractivity contribution in [3.05, 3.63) is 0 Å². The summed E-state index contributed by atoms with van der Waals surface area (Å²) in [5.41, 5.74) is -0.0160. The SMILES string of the molecule is COC(=O)C1C(=O)C[C@@H]2CC(C)(C)[C@@H](O[Si](C)(C)C(C)(C)C)[C@H]12. The molecule has 0 aliphatic heterocycles. The van der Waals surface area contributed by atoms with Gasteiger partial charge in [-0.15, -0.1) is 0 Å². The van der Waals surface area contributed by atoms with E-state index < -0.39 is 14.2 Å². The van der Waals surface area contributed by atoms with Gasteiger partial charge in [0.1, 0.15) is 11.7 Å². The van der Waals surface area contributed by atoms with Gasteiger partial charge in [-0.25, -0.2) is 0 Å². The van der Waals surface area contributed by atoms with Gasteiger partial charge in [-0.2, -0.15) is 0 Å². The Balaban J connectivity index is 2.36. The van der Waals surface area contributed by atoms with Crippen LogP contribution in [0, 0.1) is 23.2 Å². The van der Waals surface area contributed by atoms with Crippen LogP contribution in [0.2, 0.25) is 18.1 Å². The Morgan fingerprint density at radius 3 is 2.30 bits per heavy atom. The maximum Gasteiger partial charge on any atom is 0.316 e. The first kappa shape index (κ1) is 18.7. The minimum atomic E-state index is -1.98. The Morgan fingerprint density at radius 1 is 1.26 bits per heavy atom. The van der Waals surface area contributed by atoms with Crippen LogP contribution in [0.25, 0.3) is 0 Å². The van der Waals surface area contributed by atoms with Crippen molar-refractivity contribution in [3.63, 3.8) is 0 Å². The second-order valence-corrected chi connectivity index (χ2v) is 14.3. The van der Waals surface area contributed by atoms with Crippen LogP contribution in [-0.4, -0.2) is 33.3 Å². The summed E-state index contributed by atoms with van der Waals surface area (Å²) < 4.78 is 11.7. The maximum atomic E-state index is 12.4. The van der Waals surface area contributed by atoms with Crippen molar-refractivity contribution < 1.29 is 18.8 Å². The summed E-state index contributed by atoms with van der Waals surface area (Å²) in [6.45, 7) is 15.5. The predicted molar refractivity (Wildman–Crippen MR) is 92.6 cm³/mol. The Hall–Kier alpha value is -0.683. The van der Waals surface area contributed by atoms with Crippen LogP contribution in [-0.2, 0) is 18.8 Å². The number of fused-ring (bicyclic) bond motifs is 1. The molecule has 2 aliphatic carbocycles. The highest BCUT2D eigenvalue weighted by molar-refractivity contribution is 6.74. The molecule has 0 amide bonds. The lowest BCUT2D eigenvalue weighted by Gasteiger charge is -2.44. The third kappa shape index (κ3) is 3.14. The molecule has 0 aromatic carbocycles. The maximum absolute atomic E-state index is 12.4. The molecule has 2 fully saturated rings. The summed E-state index contributed by atoms with van der Waals surface area (Å²) in [5, 5.41) is 0.102. The number of ketones is 1. The van der Waals surface area contributed by atoms with E-state index in [-0.39, 0.29) is 40.1 Å². The molecule has 23 heavy (non-hydrogen) atoms. The van der Waals surface area contributed by atoms with Crippen LogP contribution in [0.1, 0.15) is 47.5 Å². The quantitative estimate of drug-likeness (QED) is 0.445. The number of rotatable bonds is 3. The first-order chi connectivity index (χ1) is 10.3. The topological polar surface area (TPSA) is 52.6 Å². The summed E-state index contributed by atoms with van der Waals surface area (Å²) >= 11 is 0. The van der Waals surface area contributed by atoms with Gasteiger partial charge in [-0.05, 0) is 35.9 Å². The average Bonchev–Trinajstić information content (AvgIpc) is 2.79. The lowest BCUT2D eigenvalue weighted by molar-refractivity contribution is -0.151. The number of methoxy groups -OCH3 is 1. The van der Waals surface area contributed by atoms with Crippen LogP contribution in [0.5, 0.6) is 0 Å². The highest BCUT2D eigenvalue weighted by atomic mass is 28.4. The Morgan fingerprint density at radius 2 is 1.83 bits per heavy atom. The van der Waals surface area contributed by atoms with Gasteiger partial charge in [0.25, 0.3) is 0 Å². The minimum Gasteiger partial charge on any atom is -0.468 e. The van der Waals surface area contributed by atoms with Crippen molar-refractivity contribution in [3.8, 4) is 0 Å². The van der Waals surface area contributed by atoms with Crippen LogP contribution in [0.4, 0.5) is 0 Å². The number of hydrogen-bond acceptors (Lipinski definition) is 4. The molecule has 0 spiro atoms. The second kappa shape index (κ2) is 5.69. The molecule has 2 aliphatic rings. The summed E-state index contributed by atoms with van der Waals surface area (Å²) in [7, 11) is -0.611. The average molecular weight is 341 g/mol. The van der Waals surface area contributed by atoms with Gasteiger partial charge in [0.2, 0.25) is 0 Å². The molecule has 0 N–H and O–H groups in total. The van der Waals surface area contributed by atoms with Crippen molar-refractivity contribution in [2.45, 2.75) is 71.7 Å². The van der Waals surface area contributed by atoms with E-state index in [2.05, 4.69) is 47.7 Å². The smallest absolute Gasteiger partial charge is 0.316 e. The fraction of sp³-hybridized carbons (Fsp3) is 0.889. The van der Waals surface area contributed by atoms with Gasteiger partial charge < -0.3 is 9.16 Å². The van der Waals surface area contributed by atoms with E-state index in [1.54, 1.807) is 0 Å². The van der Waals surface area contributed by atoms with Gasteiger partial charge in [0.15, 0.2) is 8.32 Å². The number of ether oxygens (including phenoxy) is 1. The zero-order valence-corrected chi connectivity index (χ0v) is 16.9. The van der Waals surface area contributed by atoms with Crippen LogP contribution in [0.3, 0.4) is 0 Å². The molecule has 0 aromatic rings. The molecule has 2 saturated carbocycles. The number of carbonyl (C=O) groups excluding carboxylic acids is 2. The predicted octanol–water partition coefficient (Wildman–Crippen LogP) is 3.80. The standard InChI is InChI=1S/C18H32O4Si/c1-17(2,3)23(7,8)22-15-13-11(10-18(15,4)5)9-12(19)14(13)16(20)21-6/h11,13-15H,9-10H2,1-8H3/t11-,13+,14?,15+/m1/s1. The zero-order valence-electron chi connectivity index (χ0n) is 15.9. The van der Waals surface area contributed by atoms with E-state index >= 15 is 0 Å². The van der Waals surface area contributed by atoms with E-state index in [4.69, 9.17) is 9.16 Å². The third-order valence-electron chi connectivity index (χ3n) is 6.33. The number of carbonyl (C=O) groups is 2. The lowest BCUT2D eigenvalue weighted by atomic mass is 9.82. The highest BCUT2D eigenvalue weighted by Gasteiger charge is 2.61. The van der Waals surface area contributed by atoms with Crippen LogP contribution in [0.15, 0.2) is 0 Å². The Bertz CT molecular complexity index is 496. The molecular formula is C18H32O4Si. The third-order valence-corrected chi connectivity index (χ3v) is 10.8. The van der Waals surface area contributed by atoms with Crippen molar-refractivity contribution in [2.24, 2.45) is 23.2 Å². The van der Waals surface area contributed by atoms with Crippen LogP contribution < -0.4 is 0 Å². The Kier molecular flexibility index (Phi) is 4.62. The zero-order chi connectivity index (χ0) is 17.8. The van der Waals surface area contributed by atoms with Crippen LogP contribution >= 0.6 is 0 Å². The van der Waals surface area contributed by atoms with E-state index in [0.29, 0.717) is 6.42 Å². The number of Topliss-reactive ketones (excluding diaryl/α,β-unsaturated/α-hetero) is 1. The van der Waals surface area contributed by atoms with E-state index in [1.807, 2.05) is 0 Å². The first-order valence-electron chi connectivity index (χ1n) is 8.60. The number of hydrogen-bond donors (Lipinski definition) is 0. The molecule has 4 atom stereocenters. The van der Waals surface area contributed by atoms with E-state index in [0.717, 1.165) is 6.42 Å². The second-order valence-electron chi connectivity index (χ2n) is 9.50. The van der Waals surface area contributed by atoms with Gasteiger partial charge in [-0.3, -0.25) is 9.59 Å². The van der Waals surface area contributed by atoms with Gasteiger partial charge >= 0.3 is 5.97 Å². The molecule has 5 heteroatoms. The molecule has 0 saturated heterocycles. The summed E-state index contributed by atoms with van der Waals surface area (Å²) in [6.07, 6.45) is 1.38. The first-order valence-corrected chi connectivity index (χ1v) is 11.5. The molecular weight excluding hydrogens is 308 g/mol. The molecule has 132 valence electrons. The van der Waals surface area contributed by atoms with E-state index in [9.17, 15) is 9.59 Å². The molecule has 4 nitrogen and oxygen atoms in total. The summed E-state index contributed by atoms with van der Waals surface area (Å²) in [4.78, 5) is 24.6. The minimum absolute atomic E-state index is 0.0160. The van der Waals surface area contributed by atoms with Gasteiger partial charge in [0, 0.05) is 12.3 Å².